The van der Waals surface area contributed by atoms with E-state index in [0.717, 1.165) is 17.7 Å². The van der Waals surface area contributed by atoms with E-state index in [1.54, 1.807) is 7.11 Å². The number of carbonyl (C=O) groups is 2. The lowest BCUT2D eigenvalue weighted by Gasteiger charge is -2.27. The maximum atomic E-state index is 12.5. The average Bonchev–Trinajstić information content (AvgIpc) is 2.59. The molecule has 1 aromatic rings. The molecule has 0 aromatic heterocycles. The van der Waals surface area contributed by atoms with Crippen molar-refractivity contribution in [3.63, 3.8) is 0 Å². The molecule has 2 N–H and O–H groups in total. The third kappa shape index (κ3) is 4.47. The van der Waals surface area contributed by atoms with E-state index in [2.05, 4.69) is 5.32 Å². The first-order chi connectivity index (χ1) is 11.0. The zero-order valence-corrected chi connectivity index (χ0v) is 13.7. The van der Waals surface area contributed by atoms with E-state index >= 15 is 0 Å². The molecule has 0 aliphatic heterocycles. The number of rotatable bonds is 6. The molecule has 0 bridgehead atoms. The Labute approximate surface area is 137 Å². The maximum absolute atomic E-state index is 12.5. The van der Waals surface area contributed by atoms with E-state index in [1.807, 2.05) is 31.2 Å². The zero-order chi connectivity index (χ0) is 16.8. The largest absolute Gasteiger partial charge is 0.497 e. The zero-order valence-electron chi connectivity index (χ0n) is 13.7. The lowest BCUT2D eigenvalue weighted by atomic mass is 9.81. The maximum Gasteiger partial charge on any atom is 0.306 e. The molecule has 2 rings (SSSR count). The Morgan fingerprint density at radius 2 is 1.74 bits per heavy atom. The number of hydrogen-bond acceptors (Lipinski definition) is 3. The monoisotopic (exact) mass is 319 g/mol. The molecule has 1 amide bonds. The highest BCUT2D eigenvalue weighted by Gasteiger charge is 2.30. The fourth-order valence-electron chi connectivity index (χ4n) is 3.15. The van der Waals surface area contributed by atoms with Gasteiger partial charge in [-0.1, -0.05) is 19.1 Å². The molecule has 1 aromatic carbocycles. The van der Waals surface area contributed by atoms with Crippen LogP contribution in [0.2, 0.25) is 0 Å². The number of carbonyl (C=O) groups excluding carboxylic acids is 1. The number of methoxy groups -OCH3 is 1. The van der Waals surface area contributed by atoms with Gasteiger partial charge in [0.05, 0.1) is 19.1 Å². The molecular formula is C18H25NO4. The van der Waals surface area contributed by atoms with Gasteiger partial charge in [-0.05, 0) is 49.8 Å². The van der Waals surface area contributed by atoms with Crippen LogP contribution in [0.3, 0.4) is 0 Å². The van der Waals surface area contributed by atoms with Gasteiger partial charge in [0.15, 0.2) is 0 Å². The van der Waals surface area contributed by atoms with Crippen LogP contribution < -0.4 is 10.1 Å². The summed E-state index contributed by atoms with van der Waals surface area (Å²) in [5.74, 6) is -0.271. The molecule has 1 saturated carbocycles. The lowest BCUT2D eigenvalue weighted by Crippen LogP contribution is -2.36. The number of hydrogen-bond donors (Lipinski definition) is 2. The van der Waals surface area contributed by atoms with Crippen molar-refractivity contribution >= 4 is 11.9 Å². The highest BCUT2D eigenvalue weighted by atomic mass is 16.5. The fraction of sp³-hybridized carbons (Fsp3) is 0.556. The van der Waals surface area contributed by atoms with Gasteiger partial charge in [-0.3, -0.25) is 9.59 Å². The van der Waals surface area contributed by atoms with Crippen molar-refractivity contribution in [3.8, 4) is 5.75 Å². The molecule has 23 heavy (non-hydrogen) atoms. The predicted molar refractivity (Wildman–Crippen MR) is 87.3 cm³/mol. The van der Waals surface area contributed by atoms with E-state index in [4.69, 9.17) is 9.84 Å². The molecule has 0 saturated heterocycles. The van der Waals surface area contributed by atoms with Crippen LogP contribution in [0.1, 0.15) is 50.6 Å². The fourth-order valence-corrected chi connectivity index (χ4v) is 3.15. The molecule has 5 heteroatoms. The summed E-state index contributed by atoms with van der Waals surface area (Å²) < 4.78 is 5.15. The summed E-state index contributed by atoms with van der Waals surface area (Å²) in [6.45, 7) is 2.04. The molecular weight excluding hydrogens is 294 g/mol. The first-order valence-electron chi connectivity index (χ1n) is 8.22. The van der Waals surface area contributed by atoms with E-state index in [-0.39, 0.29) is 23.8 Å². The Balaban J connectivity index is 1.93. The number of amides is 1. The summed E-state index contributed by atoms with van der Waals surface area (Å²) in [5.41, 5.74) is 1.06. The normalized spacial score (nSPS) is 22.2. The minimum atomic E-state index is -0.742. The Morgan fingerprint density at radius 1 is 1.17 bits per heavy atom. The Hall–Kier alpha value is -2.04. The molecule has 0 heterocycles. The smallest absolute Gasteiger partial charge is 0.306 e. The molecule has 126 valence electrons. The van der Waals surface area contributed by atoms with Gasteiger partial charge >= 0.3 is 5.97 Å². The van der Waals surface area contributed by atoms with Crippen LogP contribution in [0, 0.1) is 11.8 Å². The number of carboxylic acids is 1. The number of benzene rings is 1. The number of carboxylic acid groups (broad SMARTS) is 1. The topological polar surface area (TPSA) is 75.6 Å². The first-order valence-corrected chi connectivity index (χ1v) is 8.22. The van der Waals surface area contributed by atoms with Crippen molar-refractivity contribution in [2.45, 2.75) is 45.1 Å². The summed E-state index contributed by atoms with van der Waals surface area (Å²) in [5, 5.41) is 12.1. The van der Waals surface area contributed by atoms with Gasteiger partial charge in [-0.25, -0.2) is 0 Å². The minimum Gasteiger partial charge on any atom is -0.497 e. The van der Waals surface area contributed by atoms with Crippen LogP contribution in [0.15, 0.2) is 24.3 Å². The predicted octanol–water partition coefficient (Wildman–Crippen LogP) is 3.15. The third-order valence-corrected chi connectivity index (χ3v) is 4.69. The summed E-state index contributed by atoms with van der Waals surface area (Å²) in [6, 6.07) is 7.69. The third-order valence-electron chi connectivity index (χ3n) is 4.69. The van der Waals surface area contributed by atoms with Crippen LogP contribution in [-0.4, -0.2) is 24.1 Å². The van der Waals surface area contributed by atoms with E-state index < -0.39 is 5.97 Å². The number of aliphatic carboxylic acids is 1. The quantitative estimate of drug-likeness (QED) is 0.844. The van der Waals surface area contributed by atoms with E-state index in [9.17, 15) is 9.59 Å². The van der Waals surface area contributed by atoms with Gasteiger partial charge in [0.25, 0.3) is 0 Å². The van der Waals surface area contributed by atoms with Gasteiger partial charge in [0.2, 0.25) is 5.91 Å². The summed E-state index contributed by atoms with van der Waals surface area (Å²) in [4.78, 5) is 23.4. The Morgan fingerprint density at radius 3 is 2.22 bits per heavy atom. The van der Waals surface area contributed by atoms with Crippen LogP contribution in [0.5, 0.6) is 5.75 Å². The van der Waals surface area contributed by atoms with Crippen molar-refractivity contribution < 1.29 is 19.4 Å². The summed E-state index contributed by atoms with van der Waals surface area (Å²) >= 11 is 0. The highest BCUT2D eigenvalue weighted by Crippen LogP contribution is 2.30. The number of ether oxygens (including phenoxy) is 1. The average molecular weight is 319 g/mol. The molecule has 5 nitrogen and oxygen atoms in total. The molecule has 1 aliphatic carbocycles. The van der Waals surface area contributed by atoms with E-state index in [1.165, 1.54) is 0 Å². The van der Waals surface area contributed by atoms with Crippen molar-refractivity contribution in [3.05, 3.63) is 29.8 Å². The standard InChI is InChI=1S/C18H25NO4/c1-3-16(12-8-10-15(23-2)11-9-12)19-17(20)13-4-6-14(7-5-13)18(21)22/h8-11,13-14,16H,3-7H2,1-2H3,(H,19,20)(H,21,22). The van der Waals surface area contributed by atoms with Crippen LogP contribution in [-0.2, 0) is 9.59 Å². The van der Waals surface area contributed by atoms with Crippen LogP contribution >= 0.6 is 0 Å². The van der Waals surface area contributed by atoms with Crippen LogP contribution in [0.25, 0.3) is 0 Å². The molecule has 1 aliphatic rings. The molecule has 0 radical (unpaired) electrons. The minimum absolute atomic E-state index is 0.0226. The Bertz CT molecular complexity index is 532. The SMILES string of the molecule is CCC(NC(=O)C1CCC(C(=O)O)CC1)c1ccc(OC)cc1. The second-order valence-corrected chi connectivity index (χ2v) is 6.13. The molecule has 0 spiro atoms. The Kier molecular flexibility index (Phi) is 6.02. The summed E-state index contributed by atoms with van der Waals surface area (Å²) in [6.07, 6.45) is 3.30. The van der Waals surface area contributed by atoms with Gasteiger partial charge < -0.3 is 15.2 Å². The second-order valence-electron chi connectivity index (χ2n) is 6.13. The highest BCUT2D eigenvalue weighted by molar-refractivity contribution is 5.79. The molecule has 1 fully saturated rings. The van der Waals surface area contributed by atoms with Gasteiger partial charge in [-0.15, -0.1) is 0 Å². The second kappa shape index (κ2) is 7.99. The van der Waals surface area contributed by atoms with Crippen molar-refractivity contribution in [2.24, 2.45) is 11.8 Å². The van der Waals surface area contributed by atoms with Gasteiger partial charge in [0.1, 0.15) is 5.75 Å². The van der Waals surface area contributed by atoms with Gasteiger partial charge in [-0.2, -0.15) is 0 Å². The first kappa shape index (κ1) is 17.3. The van der Waals surface area contributed by atoms with Crippen LogP contribution in [0.4, 0.5) is 0 Å². The lowest BCUT2D eigenvalue weighted by molar-refractivity contribution is -0.144. The molecule has 1 unspecified atom stereocenters. The van der Waals surface area contributed by atoms with Gasteiger partial charge in [0, 0.05) is 5.92 Å². The summed E-state index contributed by atoms with van der Waals surface area (Å²) in [7, 11) is 1.63. The van der Waals surface area contributed by atoms with E-state index in [0.29, 0.717) is 25.7 Å². The van der Waals surface area contributed by atoms with Crippen molar-refractivity contribution in [2.75, 3.05) is 7.11 Å². The molecule has 1 atom stereocenters. The van der Waals surface area contributed by atoms with Crippen molar-refractivity contribution in [1.82, 2.24) is 5.32 Å². The van der Waals surface area contributed by atoms with Crippen molar-refractivity contribution in [1.29, 1.82) is 0 Å². The number of nitrogens with one attached hydrogen (secondary N) is 1.